The molecule has 2 aromatic rings. The number of benzene rings is 2. The summed E-state index contributed by atoms with van der Waals surface area (Å²) >= 11 is 0. The zero-order valence-corrected chi connectivity index (χ0v) is 20.0. The molecule has 9 heteroatoms. The van der Waals surface area contributed by atoms with Gasteiger partial charge in [-0.25, -0.2) is 8.42 Å². The second-order valence-corrected chi connectivity index (χ2v) is 10.6. The number of carbonyl (C=O) groups is 3. The van der Waals surface area contributed by atoms with Crippen molar-refractivity contribution in [2.24, 2.45) is 0 Å². The number of hydrogen-bond acceptors (Lipinski definition) is 5. The Labute approximate surface area is 200 Å². The Hall–Kier alpha value is -3.04. The van der Waals surface area contributed by atoms with Crippen LogP contribution in [0.25, 0.3) is 0 Å². The fourth-order valence-corrected chi connectivity index (χ4v) is 5.93. The van der Waals surface area contributed by atoms with Gasteiger partial charge in [-0.15, -0.1) is 0 Å². The van der Waals surface area contributed by atoms with Crippen LogP contribution in [0.15, 0.2) is 53.4 Å². The number of amides is 3. The van der Waals surface area contributed by atoms with Crippen LogP contribution in [0.1, 0.15) is 58.9 Å². The lowest BCUT2D eigenvalue weighted by Gasteiger charge is -2.21. The van der Waals surface area contributed by atoms with E-state index in [1.807, 2.05) is 0 Å². The van der Waals surface area contributed by atoms with E-state index in [-0.39, 0.29) is 4.90 Å². The molecular formula is C25H29N3O5S. The van der Waals surface area contributed by atoms with Crippen molar-refractivity contribution in [3.05, 3.63) is 65.2 Å². The van der Waals surface area contributed by atoms with Crippen molar-refractivity contribution in [1.29, 1.82) is 0 Å². The maximum absolute atomic E-state index is 12.9. The van der Waals surface area contributed by atoms with E-state index in [2.05, 4.69) is 5.32 Å². The molecule has 3 amide bonds. The normalized spacial score (nSPS) is 17.9. The van der Waals surface area contributed by atoms with Crippen LogP contribution in [0, 0.1) is 0 Å². The van der Waals surface area contributed by atoms with E-state index in [1.165, 1.54) is 6.92 Å². The molecule has 34 heavy (non-hydrogen) atoms. The number of sulfonamides is 1. The molecule has 1 fully saturated rings. The van der Waals surface area contributed by atoms with Gasteiger partial charge in [0.05, 0.1) is 16.0 Å². The van der Waals surface area contributed by atoms with Crippen molar-refractivity contribution in [3.63, 3.8) is 0 Å². The van der Waals surface area contributed by atoms with E-state index in [1.54, 1.807) is 52.8 Å². The summed E-state index contributed by atoms with van der Waals surface area (Å²) < 4.78 is 27.4. The molecule has 2 aliphatic heterocycles. The summed E-state index contributed by atoms with van der Waals surface area (Å²) in [7, 11) is -3.50. The maximum atomic E-state index is 12.9. The largest absolute Gasteiger partial charge is 0.354 e. The van der Waals surface area contributed by atoms with E-state index >= 15 is 0 Å². The minimum Gasteiger partial charge on any atom is -0.354 e. The second kappa shape index (κ2) is 10.1. The van der Waals surface area contributed by atoms with Gasteiger partial charge in [-0.2, -0.15) is 4.31 Å². The summed E-state index contributed by atoms with van der Waals surface area (Å²) in [5, 5.41) is 2.77. The third-order valence-electron chi connectivity index (χ3n) is 6.43. The molecule has 1 unspecified atom stereocenters. The van der Waals surface area contributed by atoms with Gasteiger partial charge in [-0.1, -0.05) is 37.1 Å². The molecule has 0 aliphatic carbocycles. The van der Waals surface area contributed by atoms with E-state index in [4.69, 9.17) is 0 Å². The van der Waals surface area contributed by atoms with Crippen LogP contribution in [0.4, 0.5) is 0 Å². The molecule has 2 aromatic carbocycles. The third kappa shape index (κ3) is 4.76. The number of hydrogen-bond donors (Lipinski definition) is 1. The zero-order chi connectivity index (χ0) is 24.3. The molecule has 180 valence electrons. The summed E-state index contributed by atoms with van der Waals surface area (Å²) in [6.07, 6.45) is 4.38. The van der Waals surface area contributed by atoms with Crippen molar-refractivity contribution in [2.45, 2.75) is 50.0 Å². The van der Waals surface area contributed by atoms with Crippen molar-refractivity contribution in [1.82, 2.24) is 14.5 Å². The number of carbonyl (C=O) groups excluding carboxylic acids is 3. The summed E-state index contributed by atoms with van der Waals surface area (Å²) in [5.74, 6) is -1.36. The van der Waals surface area contributed by atoms with Gasteiger partial charge >= 0.3 is 0 Å². The first kappa shape index (κ1) is 24.1. The van der Waals surface area contributed by atoms with Gasteiger partial charge in [0, 0.05) is 19.6 Å². The topological polar surface area (TPSA) is 104 Å². The first-order valence-electron chi connectivity index (χ1n) is 11.6. The van der Waals surface area contributed by atoms with Crippen molar-refractivity contribution >= 4 is 27.7 Å². The Morgan fingerprint density at radius 1 is 0.912 bits per heavy atom. The van der Waals surface area contributed by atoms with Crippen LogP contribution in [0.3, 0.4) is 0 Å². The summed E-state index contributed by atoms with van der Waals surface area (Å²) in [6.45, 7) is 2.94. The standard InChI is InChI=1S/C25H29N3O5S/c1-18(28-24(30)21-8-4-5-9-22(21)25(28)31)23(29)26-15-14-19-10-12-20(13-11-19)34(32,33)27-16-6-2-3-7-17-27/h4-5,8-13,18H,2-3,6-7,14-17H2,1H3,(H,26,29). The fraction of sp³-hybridized carbons (Fsp3) is 0.400. The Kier molecular flexibility index (Phi) is 7.13. The molecule has 0 bridgehead atoms. The number of imide groups is 1. The van der Waals surface area contributed by atoms with E-state index in [9.17, 15) is 22.8 Å². The minimum atomic E-state index is -3.50. The van der Waals surface area contributed by atoms with E-state index < -0.39 is 33.8 Å². The molecule has 0 spiro atoms. The first-order valence-corrected chi connectivity index (χ1v) is 13.1. The van der Waals surface area contributed by atoms with Gasteiger partial charge in [0.2, 0.25) is 15.9 Å². The monoisotopic (exact) mass is 483 g/mol. The van der Waals surface area contributed by atoms with Crippen LogP contribution in [0.5, 0.6) is 0 Å². The molecule has 2 aliphatic rings. The zero-order valence-electron chi connectivity index (χ0n) is 19.2. The van der Waals surface area contributed by atoms with Gasteiger partial charge in [-0.3, -0.25) is 19.3 Å². The highest BCUT2D eigenvalue weighted by Gasteiger charge is 2.40. The lowest BCUT2D eigenvalue weighted by Crippen LogP contribution is -2.48. The molecule has 2 heterocycles. The van der Waals surface area contributed by atoms with Crippen LogP contribution >= 0.6 is 0 Å². The summed E-state index contributed by atoms with van der Waals surface area (Å²) in [6, 6.07) is 12.3. The Morgan fingerprint density at radius 2 is 1.47 bits per heavy atom. The number of nitrogens with one attached hydrogen (secondary N) is 1. The van der Waals surface area contributed by atoms with E-state index in [0.717, 1.165) is 36.1 Å². The Morgan fingerprint density at radius 3 is 2.03 bits per heavy atom. The number of nitrogens with zero attached hydrogens (tertiary/aromatic N) is 2. The van der Waals surface area contributed by atoms with Gasteiger partial charge in [0.15, 0.2) is 0 Å². The quantitative estimate of drug-likeness (QED) is 0.610. The van der Waals surface area contributed by atoms with Gasteiger partial charge in [0.1, 0.15) is 6.04 Å². The minimum absolute atomic E-state index is 0.279. The highest BCUT2D eigenvalue weighted by Crippen LogP contribution is 2.24. The number of fused-ring (bicyclic) bond motifs is 1. The molecule has 1 atom stereocenters. The molecule has 1 N–H and O–H groups in total. The molecule has 0 radical (unpaired) electrons. The van der Waals surface area contributed by atoms with Crippen LogP contribution in [-0.2, 0) is 21.2 Å². The molecule has 0 saturated carbocycles. The molecule has 1 saturated heterocycles. The summed E-state index contributed by atoms with van der Waals surface area (Å²) in [5.41, 5.74) is 1.49. The van der Waals surface area contributed by atoms with Gasteiger partial charge in [0.25, 0.3) is 11.8 Å². The molecule has 0 aromatic heterocycles. The van der Waals surface area contributed by atoms with E-state index in [0.29, 0.717) is 37.2 Å². The van der Waals surface area contributed by atoms with Crippen LogP contribution in [-0.4, -0.2) is 61.0 Å². The Balaban J connectivity index is 1.32. The molecule has 8 nitrogen and oxygen atoms in total. The summed E-state index contributed by atoms with van der Waals surface area (Å²) in [4.78, 5) is 39.0. The third-order valence-corrected chi connectivity index (χ3v) is 8.34. The number of rotatable bonds is 7. The van der Waals surface area contributed by atoms with Gasteiger partial charge in [-0.05, 0) is 56.0 Å². The highest BCUT2D eigenvalue weighted by molar-refractivity contribution is 7.89. The average molecular weight is 484 g/mol. The second-order valence-electron chi connectivity index (χ2n) is 8.71. The lowest BCUT2D eigenvalue weighted by atomic mass is 10.1. The predicted octanol–water partition coefficient (Wildman–Crippen LogP) is 2.59. The first-order chi connectivity index (χ1) is 16.3. The highest BCUT2D eigenvalue weighted by atomic mass is 32.2. The fourth-order valence-electron chi connectivity index (χ4n) is 4.41. The van der Waals surface area contributed by atoms with Gasteiger partial charge < -0.3 is 5.32 Å². The SMILES string of the molecule is CC(C(=O)NCCc1ccc(S(=O)(=O)N2CCCCCC2)cc1)N1C(=O)c2ccccc2C1=O. The van der Waals surface area contributed by atoms with Crippen LogP contribution in [0.2, 0.25) is 0 Å². The van der Waals surface area contributed by atoms with Crippen molar-refractivity contribution in [3.8, 4) is 0 Å². The Bertz CT molecular complexity index is 1150. The smallest absolute Gasteiger partial charge is 0.262 e. The van der Waals surface area contributed by atoms with Crippen LogP contribution < -0.4 is 5.32 Å². The molecule has 4 rings (SSSR count). The predicted molar refractivity (Wildman–Crippen MR) is 127 cm³/mol. The van der Waals surface area contributed by atoms with Crippen molar-refractivity contribution < 1.29 is 22.8 Å². The molecular weight excluding hydrogens is 454 g/mol. The van der Waals surface area contributed by atoms with Crippen molar-refractivity contribution in [2.75, 3.05) is 19.6 Å². The lowest BCUT2D eigenvalue weighted by molar-refractivity contribution is -0.124. The maximum Gasteiger partial charge on any atom is 0.262 e. The average Bonchev–Trinajstić information content (AvgIpc) is 3.01.